The molecule has 0 aliphatic heterocycles. The highest BCUT2D eigenvalue weighted by Gasteiger charge is 2.40. The minimum Gasteiger partial charge on any atom is -0.435 e. The molecule has 134 valence electrons. The summed E-state index contributed by atoms with van der Waals surface area (Å²) in [5.74, 6) is 0.817. The number of benzene rings is 1. The lowest BCUT2D eigenvalue weighted by atomic mass is 9.96. The van der Waals surface area contributed by atoms with E-state index < -0.39 is 6.61 Å². The first-order valence-corrected chi connectivity index (χ1v) is 8.27. The number of rotatable bonds is 5. The Labute approximate surface area is 158 Å². The van der Waals surface area contributed by atoms with Gasteiger partial charge < -0.3 is 15.8 Å². The Bertz CT molecular complexity index is 565. The molecule has 0 bridgehead atoms. The van der Waals surface area contributed by atoms with E-state index in [1.807, 2.05) is 12.1 Å². The van der Waals surface area contributed by atoms with Crippen LogP contribution in [0.3, 0.4) is 0 Å². The highest BCUT2D eigenvalue weighted by Crippen LogP contribution is 2.47. The van der Waals surface area contributed by atoms with Gasteiger partial charge in [0.15, 0.2) is 5.96 Å². The highest BCUT2D eigenvalue weighted by atomic mass is 127. The van der Waals surface area contributed by atoms with Gasteiger partial charge in [-0.15, -0.1) is 24.0 Å². The van der Waals surface area contributed by atoms with Crippen LogP contribution < -0.4 is 15.8 Å². The number of halogens is 3. The molecule has 2 atom stereocenters. The number of alkyl halides is 2. The Morgan fingerprint density at radius 3 is 2.62 bits per heavy atom. The summed E-state index contributed by atoms with van der Waals surface area (Å²) in [5.41, 5.74) is 6.78. The fourth-order valence-corrected chi connectivity index (χ4v) is 3.32. The van der Waals surface area contributed by atoms with Crippen molar-refractivity contribution in [3.8, 4) is 5.75 Å². The Hall–Kier alpha value is -1.12. The molecule has 2 saturated carbocycles. The molecule has 0 heterocycles. The fourth-order valence-electron chi connectivity index (χ4n) is 3.32. The van der Waals surface area contributed by atoms with E-state index in [0.29, 0.717) is 12.0 Å². The van der Waals surface area contributed by atoms with E-state index >= 15 is 0 Å². The molecule has 0 amide bonds. The second-order valence-corrected chi connectivity index (χ2v) is 6.32. The topological polar surface area (TPSA) is 59.6 Å². The summed E-state index contributed by atoms with van der Waals surface area (Å²) in [4.78, 5) is 4.50. The normalized spacial score (nSPS) is 24.4. The van der Waals surface area contributed by atoms with Gasteiger partial charge in [0.1, 0.15) is 5.75 Å². The lowest BCUT2D eigenvalue weighted by Crippen LogP contribution is -2.41. The van der Waals surface area contributed by atoms with E-state index in [-0.39, 0.29) is 41.7 Å². The Kier molecular flexibility index (Phi) is 7.06. The number of nitrogens with one attached hydrogen (secondary N) is 1. The third-order valence-corrected chi connectivity index (χ3v) is 4.55. The molecule has 0 spiro atoms. The van der Waals surface area contributed by atoms with Crippen LogP contribution in [0.2, 0.25) is 0 Å². The van der Waals surface area contributed by atoms with Gasteiger partial charge in [0.25, 0.3) is 0 Å². The number of ether oxygens (including phenoxy) is 1. The summed E-state index contributed by atoms with van der Waals surface area (Å²) in [5, 5.41) is 3.29. The average Bonchev–Trinajstić information content (AvgIpc) is 3.27. The minimum absolute atomic E-state index is 0. The predicted octanol–water partition coefficient (Wildman–Crippen LogP) is 4.00. The van der Waals surface area contributed by atoms with Crippen molar-refractivity contribution >= 4 is 29.9 Å². The minimum atomic E-state index is -2.81. The second kappa shape index (κ2) is 8.82. The molecule has 0 unspecified atom stereocenters. The third-order valence-electron chi connectivity index (χ3n) is 4.55. The Balaban J connectivity index is 0.00000208. The summed E-state index contributed by atoms with van der Waals surface area (Å²) in [6.45, 7) is -2.81. The molecular weight excluding hydrogens is 427 g/mol. The SMILES string of the molecule is I.NC(=N[C@H]1C[C@@H]1c1ccccc1OC(F)F)NC1CCCCC1. The monoisotopic (exact) mass is 451 g/mol. The lowest BCUT2D eigenvalue weighted by molar-refractivity contribution is -0.0504. The molecule has 3 rings (SSSR count). The maximum Gasteiger partial charge on any atom is 0.387 e. The first kappa shape index (κ1) is 19.2. The Morgan fingerprint density at radius 1 is 1.21 bits per heavy atom. The average molecular weight is 451 g/mol. The van der Waals surface area contributed by atoms with Crippen LogP contribution in [0.1, 0.15) is 50.0 Å². The van der Waals surface area contributed by atoms with Crippen LogP contribution in [-0.2, 0) is 0 Å². The summed E-state index contributed by atoms with van der Waals surface area (Å²) >= 11 is 0. The quantitative estimate of drug-likeness (QED) is 0.404. The molecule has 1 aromatic carbocycles. The van der Waals surface area contributed by atoms with Gasteiger partial charge in [-0.3, -0.25) is 0 Å². The van der Waals surface area contributed by atoms with Crippen molar-refractivity contribution in [2.24, 2.45) is 10.7 Å². The molecule has 0 radical (unpaired) electrons. The van der Waals surface area contributed by atoms with Gasteiger partial charge in [0.05, 0.1) is 6.04 Å². The van der Waals surface area contributed by atoms with Gasteiger partial charge >= 0.3 is 6.61 Å². The fraction of sp³-hybridized carbons (Fsp3) is 0.588. The molecule has 1 aromatic rings. The van der Waals surface area contributed by atoms with Crippen molar-refractivity contribution in [1.82, 2.24) is 5.32 Å². The zero-order valence-electron chi connectivity index (χ0n) is 13.5. The highest BCUT2D eigenvalue weighted by molar-refractivity contribution is 14.0. The van der Waals surface area contributed by atoms with Crippen LogP contribution in [0.15, 0.2) is 29.3 Å². The molecule has 0 saturated heterocycles. The standard InChI is InChI=1S/C17H23F2N3O.HI/c18-16(19)23-15-9-5-4-8-12(15)13-10-14(13)22-17(20)21-11-6-2-1-3-7-11;/h4-5,8-9,11,13-14,16H,1-3,6-7,10H2,(H3,20,21,22);1H/t13-,14+;/m1./s1. The van der Waals surface area contributed by atoms with Gasteiger partial charge in [-0.05, 0) is 30.9 Å². The van der Waals surface area contributed by atoms with Crippen molar-refractivity contribution < 1.29 is 13.5 Å². The number of aliphatic imine (C=N–C) groups is 1. The van der Waals surface area contributed by atoms with Crippen LogP contribution in [0.4, 0.5) is 8.78 Å². The summed E-state index contributed by atoms with van der Waals surface area (Å²) in [6.07, 6.45) is 6.84. The van der Waals surface area contributed by atoms with E-state index in [1.54, 1.807) is 12.1 Å². The molecule has 2 fully saturated rings. The molecule has 24 heavy (non-hydrogen) atoms. The third kappa shape index (κ3) is 5.19. The van der Waals surface area contributed by atoms with Crippen molar-refractivity contribution in [2.75, 3.05) is 0 Å². The van der Waals surface area contributed by atoms with Gasteiger partial charge in [0.2, 0.25) is 0 Å². The lowest BCUT2D eigenvalue weighted by Gasteiger charge is -2.23. The molecule has 0 aromatic heterocycles. The maximum absolute atomic E-state index is 12.5. The van der Waals surface area contributed by atoms with Gasteiger partial charge in [-0.2, -0.15) is 8.78 Å². The molecule has 3 N–H and O–H groups in total. The Morgan fingerprint density at radius 2 is 1.92 bits per heavy atom. The smallest absolute Gasteiger partial charge is 0.387 e. The number of hydrogen-bond acceptors (Lipinski definition) is 2. The zero-order valence-corrected chi connectivity index (χ0v) is 15.8. The van der Waals surface area contributed by atoms with Crippen LogP contribution >= 0.6 is 24.0 Å². The number of para-hydroxylation sites is 1. The second-order valence-electron chi connectivity index (χ2n) is 6.32. The van der Waals surface area contributed by atoms with E-state index in [4.69, 9.17) is 5.73 Å². The number of hydrogen-bond donors (Lipinski definition) is 2. The van der Waals surface area contributed by atoms with Crippen molar-refractivity contribution in [2.45, 2.75) is 63.1 Å². The van der Waals surface area contributed by atoms with Crippen LogP contribution in [0, 0.1) is 0 Å². The molecule has 4 nitrogen and oxygen atoms in total. The van der Waals surface area contributed by atoms with Crippen molar-refractivity contribution in [3.63, 3.8) is 0 Å². The van der Waals surface area contributed by atoms with Crippen LogP contribution in [-0.4, -0.2) is 24.7 Å². The van der Waals surface area contributed by atoms with E-state index in [2.05, 4.69) is 15.0 Å². The predicted molar refractivity (Wildman–Crippen MR) is 101 cm³/mol. The van der Waals surface area contributed by atoms with Crippen LogP contribution in [0.25, 0.3) is 0 Å². The number of guanidine groups is 1. The molecule has 2 aliphatic rings. The molecule has 7 heteroatoms. The summed E-state index contributed by atoms with van der Waals surface area (Å²) in [7, 11) is 0. The first-order valence-electron chi connectivity index (χ1n) is 8.27. The van der Waals surface area contributed by atoms with Gasteiger partial charge in [-0.1, -0.05) is 37.5 Å². The zero-order chi connectivity index (χ0) is 16.2. The first-order chi connectivity index (χ1) is 11.1. The van der Waals surface area contributed by atoms with E-state index in [0.717, 1.165) is 24.8 Å². The summed E-state index contributed by atoms with van der Waals surface area (Å²) in [6, 6.07) is 7.39. The van der Waals surface area contributed by atoms with E-state index in [9.17, 15) is 8.78 Å². The maximum atomic E-state index is 12.5. The summed E-state index contributed by atoms with van der Waals surface area (Å²) < 4.78 is 29.5. The van der Waals surface area contributed by atoms with Gasteiger partial charge in [0, 0.05) is 12.0 Å². The van der Waals surface area contributed by atoms with Crippen LogP contribution in [0.5, 0.6) is 5.75 Å². The largest absolute Gasteiger partial charge is 0.435 e. The van der Waals surface area contributed by atoms with Crippen molar-refractivity contribution in [3.05, 3.63) is 29.8 Å². The molecule has 2 aliphatic carbocycles. The number of nitrogens with zero attached hydrogens (tertiary/aromatic N) is 1. The van der Waals surface area contributed by atoms with E-state index in [1.165, 1.54) is 19.3 Å². The van der Waals surface area contributed by atoms with Crippen molar-refractivity contribution in [1.29, 1.82) is 0 Å². The number of nitrogens with two attached hydrogens (primary N) is 1. The molecular formula is C17H24F2IN3O. The van der Waals surface area contributed by atoms with Gasteiger partial charge in [-0.25, -0.2) is 4.99 Å².